The Bertz CT molecular complexity index is 425. The number of alkyl halides is 1. The fraction of sp³-hybridized carbons (Fsp3) is 0.286. The Kier molecular flexibility index (Phi) is 1.81. The topological polar surface area (TPSA) is 70.1 Å². The zero-order valence-electron chi connectivity index (χ0n) is 6.84. The van der Waals surface area contributed by atoms with Crippen molar-refractivity contribution in [2.45, 2.75) is 12.5 Å². The Hall–Kier alpha value is -1.36. The number of anilines is 1. The molecule has 1 aromatic heterocycles. The summed E-state index contributed by atoms with van der Waals surface area (Å²) in [6.45, 7) is 1.77. The van der Waals surface area contributed by atoms with E-state index in [0.717, 1.165) is 0 Å². The first-order valence-corrected chi connectivity index (χ1v) is 4.15. The van der Waals surface area contributed by atoms with Crippen LogP contribution in [0.4, 0.5) is 5.82 Å². The lowest BCUT2D eigenvalue weighted by Gasteiger charge is -2.17. The minimum atomic E-state index is -0.508. The van der Waals surface area contributed by atoms with Crippen LogP contribution in [0.15, 0.2) is 16.0 Å². The summed E-state index contributed by atoms with van der Waals surface area (Å²) in [4.78, 5) is 21.5. The number of nitrogens with zero attached hydrogens (tertiary/aromatic N) is 2. The van der Waals surface area contributed by atoms with Gasteiger partial charge in [-0.2, -0.15) is 0 Å². The maximum absolute atomic E-state index is 10.9. The van der Waals surface area contributed by atoms with Gasteiger partial charge in [-0.15, -0.1) is 0 Å². The average molecular weight is 199 g/mol. The van der Waals surface area contributed by atoms with Gasteiger partial charge >= 0.3 is 0 Å². The second-order valence-corrected chi connectivity index (χ2v) is 3.08. The number of fused-ring (bicyclic) bond motifs is 1. The predicted molar refractivity (Wildman–Crippen MR) is 50.3 cm³/mol. The fourth-order valence-corrected chi connectivity index (χ4v) is 1.40. The molecule has 0 radical (unpaired) electrons. The monoisotopic (exact) mass is 198 g/mol. The van der Waals surface area contributed by atoms with Crippen LogP contribution in [0, 0.1) is 0 Å². The molecule has 0 saturated heterocycles. The van der Waals surface area contributed by atoms with Crippen LogP contribution in [-0.4, -0.2) is 21.3 Å². The van der Waals surface area contributed by atoms with E-state index in [2.05, 4.69) is 20.3 Å². The summed E-state index contributed by atoms with van der Waals surface area (Å²) in [6, 6.07) is 0. The molecule has 1 aliphatic rings. The van der Waals surface area contributed by atoms with Crippen LogP contribution < -0.4 is 10.9 Å². The highest BCUT2D eigenvalue weighted by molar-refractivity contribution is 6.23. The Morgan fingerprint density at radius 2 is 2.38 bits per heavy atom. The number of H-pyrrole nitrogens is 1. The Morgan fingerprint density at radius 1 is 1.62 bits per heavy atom. The Balaban J connectivity index is 2.61. The molecule has 1 aromatic rings. The maximum Gasteiger partial charge on any atom is 0.267 e. The molecule has 2 heterocycles. The highest BCUT2D eigenvalue weighted by atomic mass is 35.5. The summed E-state index contributed by atoms with van der Waals surface area (Å²) in [6.07, 6.45) is 1.20. The summed E-state index contributed by atoms with van der Waals surface area (Å²) in [5, 5.41) is 2.81. The third-order valence-corrected chi connectivity index (χ3v) is 1.93. The van der Waals surface area contributed by atoms with E-state index in [1.165, 1.54) is 6.20 Å². The molecule has 1 aliphatic heterocycles. The number of nitrogens with one attached hydrogen (secondary N) is 2. The second kappa shape index (κ2) is 2.85. The van der Waals surface area contributed by atoms with E-state index in [0.29, 0.717) is 17.2 Å². The lowest BCUT2D eigenvalue weighted by atomic mass is 10.2. The highest BCUT2D eigenvalue weighted by Crippen LogP contribution is 2.17. The third kappa shape index (κ3) is 1.42. The van der Waals surface area contributed by atoms with Gasteiger partial charge in [0, 0.05) is 0 Å². The van der Waals surface area contributed by atoms with E-state index < -0.39 is 5.62 Å². The zero-order valence-corrected chi connectivity index (χ0v) is 7.59. The van der Waals surface area contributed by atoms with Gasteiger partial charge < -0.3 is 10.3 Å². The summed E-state index contributed by atoms with van der Waals surface area (Å²) < 4.78 is 0. The molecule has 0 aliphatic carbocycles. The molecular formula is C7H7ClN4O. The normalized spacial score (nSPS) is 20.2. The number of halogens is 1. The summed E-state index contributed by atoms with van der Waals surface area (Å²) in [7, 11) is 0. The molecule has 5 nitrogen and oxygen atoms in total. The SMILES string of the molecule is CC1=NC(Cl)Nc2ncc(=O)[nH]c21. The van der Waals surface area contributed by atoms with Gasteiger partial charge in [-0.25, -0.2) is 9.98 Å². The first-order chi connectivity index (χ1) is 6.16. The largest absolute Gasteiger partial charge is 0.334 e. The van der Waals surface area contributed by atoms with E-state index in [1.54, 1.807) is 6.92 Å². The van der Waals surface area contributed by atoms with Crippen molar-refractivity contribution in [3.8, 4) is 0 Å². The van der Waals surface area contributed by atoms with Gasteiger partial charge in [0.15, 0.2) is 11.4 Å². The highest BCUT2D eigenvalue weighted by Gasteiger charge is 2.17. The average Bonchev–Trinajstić information content (AvgIpc) is 2.06. The van der Waals surface area contributed by atoms with E-state index in [1.807, 2.05) is 0 Å². The van der Waals surface area contributed by atoms with Crippen molar-refractivity contribution in [2.75, 3.05) is 5.32 Å². The lowest BCUT2D eigenvalue weighted by molar-refractivity contribution is 0.966. The van der Waals surface area contributed by atoms with Gasteiger partial charge in [-0.3, -0.25) is 4.79 Å². The van der Waals surface area contributed by atoms with E-state index in [-0.39, 0.29) is 5.56 Å². The van der Waals surface area contributed by atoms with Crippen LogP contribution in [-0.2, 0) is 0 Å². The van der Waals surface area contributed by atoms with Crippen LogP contribution in [0.1, 0.15) is 12.6 Å². The van der Waals surface area contributed by atoms with Crippen molar-refractivity contribution in [1.82, 2.24) is 9.97 Å². The number of rotatable bonds is 0. The first-order valence-electron chi connectivity index (χ1n) is 3.71. The quantitative estimate of drug-likeness (QED) is 0.472. The van der Waals surface area contributed by atoms with Crippen LogP contribution in [0.3, 0.4) is 0 Å². The predicted octanol–water partition coefficient (Wildman–Crippen LogP) is 0.527. The van der Waals surface area contributed by atoms with Crippen LogP contribution in [0.25, 0.3) is 0 Å². The van der Waals surface area contributed by atoms with Gasteiger partial charge in [-0.05, 0) is 6.92 Å². The van der Waals surface area contributed by atoms with Crippen molar-refractivity contribution in [1.29, 1.82) is 0 Å². The summed E-state index contributed by atoms with van der Waals surface area (Å²) >= 11 is 5.75. The first kappa shape index (κ1) is 8.25. The minimum absolute atomic E-state index is 0.247. The molecule has 1 unspecified atom stereocenters. The molecule has 68 valence electrons. The smallest absolute Gasteiger partial charge is 0.267 e. The molecule has 13 heavy (non-hydrogen) atoms. The van der Waals surface area contributed by atoms with Crippen molar-refractivity contribution in [3.63, 3.8) is 0 Å². The molecule has 2 N–H and O–H groups in total. The standard InChI is InChI=1S/C7H7ClN4O/c1-3-5-6(12-7(8)10-3)9-2-4(13)11-5/h2,7H,1H3,(H,9,12)(H,11,13). The summed E-state index contributed by atoms with van der Waals surface area (Å²) in [5.74, 6) is 0.562. The molecule has 0 amide bonds. The Labute approximate surface area is 78.9 Å². The molecule has 0 aromatic carbocycles. The fourth-order valence-electron chi connectivity index (χ4n) is 1.15. The molecule has 0 fully saturated rings. The lowest BCUT2D eigenvalue weighted by Crippen LogP contribution is -2.25. The van der Waals surface area contributed by atoms with Crippen molar-refractivity contribution < 1.29 is 0 Å². The molecule has 2 rings (SSSR count). The zero-order chi connectivity index (χ0) is 9.42. The number of hydrogen-bond acceptors (Lipinski definition) is 4. The van der Waals surface area contributed by atoms with Crippen LogP contribution in [0.2, 0.25) is 0 Å². The van der Waals surface area contributed by atoms with E-state index in [4.69, 9.17) is 11.6 Å². The molecule has 0 saturated carbocycles. The van der Waals surface area contributed by atoms with Crippen LogP contribution >= 0.6 is 11.6 Å². The molecule has 6 heteroatoms. The number of aliphatic imine (C=N–C) groups is 1. The maximum atomic E-state index is 10.9. The van der Waals surface area contributed by atoms with Gasteiger partial charge in [-0.1, -0.05) is 11.6 Å². The number of aromatic amines is 1. The number of aromatic nitrogens is 2. The van der Waals surface area contributed by atoms with E-state index >= 15 is 0 Å². The second-order valence-electron chi connectivity index (χ2n) is 2.67. The molecular weight excluding hydrogens is 192 g/mol. The van der Waals surface area contributed by atoms with Gasteiger partial charge in [0.25, 0.3) is 5.56 Å². The van der Waals surface area contributed by atoms with Gasteiger partial charge in [0.05, 0.1) is 11.9 Å². The van der Waals surface area contributed by atoms with Crippen molar-refractivity contribution >= 4 is 23.1 Å². The Morgan fingerprint density at radius 3 is 3.15 bits per heavy atom. The third-order valence-electron chi connectivity index (χ3n) is 1.72. The molecule has 0 bridgehead atoms. The minimum Gasteiger partial charge on any atom is -0.334 e. The number of hydrogen-bond donors (Lipinski definition) is 2. The molecule has 1 atom stereocenters. The van der Waals surface area contributed by atoms with Gasteiger partial charge in [0.1, 0.15) is 5.69 Å². The van der Waals surface area contributed by atoms with Crippen molar-refractivity contribution in [3.05, 3.63) is 22.2 Å². The van der Waals surface area contributed by atoms with Crippen LogP contribution in [0.5, 0.6) is 0 Å². The van der Waals surface area contributed by atoms with E-state index in [9.17, 15) is 4.79 Å². The summed E-state index contributed by atoms with van der Waals surface area (Å²) in [5.41, 5.74) is 0.525. The van der Waals surface area contributed by atoms with Crippen molar-refractivity contribution in [2.24, 2.45) is 4.99 Å². The molecule has 0 spiro atoms. The van der Waals surface area contributed by atoms with Gasteiger partial charge in [0.2, 0.25) is 0 Å².